The Labute approximate surface area is 264 Å². The summed E-state index contributed by atoms with van der Waals surface area (Å²) in [5.74, 6) is -2.07. The predicted octanol–water partition coefficient (Wildman–Crippen LogP) is 8.60. The SMILES string of the molecule is O=C(/C=C/c1ccccc1C(F)(F)F)c1cccc([N+](=O)[O-])c1O.O=c1cc(-c2ccccc2C(F)(F)F)oc2c([N+](=O)[O-])cccc12. The number of allylic oxidation sites excluding steroid dienone is 1. The van der Waals surface area contributed by atoms with Crippen LogP contribution in [0.5, 0.6) is 5.75 Å². The molecule has 10 nitrogen and oxygen atoms in total. The van der Waals surface area contributed by atoms with E-state index in [9.17, 15) is 61.3 Å². The van der Waals surface area contributed by atoms with Crippen LogP contribution in [-0.4, -0.2) is 20.7 Å². The third kappa shape index (κ3) is 7.55. The molecule has 0 spiro atoms. The number of ketones is 1. The van der Waals surface area contributed by atoms with Crippen LogP contribution in [0.25, 0.3) is 28.4 Å². The zero-order chi connectivity index (χ0) is 35.4. The van der Waals surface area contributed by atoms with Crippen molar-refractivity contribution in [3.8, 4) is 17.1 Å². The number of phenols is 1. The summed E-state index contributed by atoms with van der Waals surface area (Å²) < 4.78 is 83.3. The van der Waals surface area contributed by atoms with Gasteiger partial charge in [-0.15, -0.1) is 0 Å². The van der Waals surface area contributed by atoms with Gasteiger partial charge in [-0.3, -0.25) is 29.8 Å². The molecule has 5 aromatic rings. The molecule has 0 saturated heterocycles. The Morgan fingerprint density at radius 1 is 0.750 bits per heavy atom. The maximum atomic E-state index is 13.1. The molecule has 0 saturated carbocycles. The van der Waals surface area contributed by atoms with E-state index < -0.39 is 61.7 Å². The Bertz CT molecular complexity index is 2140. The van der Waals surface area contributed by atoms with Crippen LogP contribution in [0.15, 0.2) is 106 Å². The van der Waals surface area contributed by atoms with Gasteiger partial charge in [0.25, 0.3) is 0 Å². The number of nitro benzene ring substituents is 2. The number of rotatable bonds is 6. The van der Waals surface area contributed by atoms with Crippen molar-refractivity contribution in [1.29, 1.82) is 0 Å². The summed E-state index contributed by atoms with van der Waals surface area (Å²) in [5.41, 5.74) is -5.05. The van der Waals surface area contributed by atoms with Gasteiger partial charge < -0.3 is 9.52 Å². The number of hydrogen-bond donors (Lipinski definition) is 1. The molecule has 0 atom stereocenters. The number of phenolic OH excluding ortho intramolecular Hbond substituents is 1. The van der Waals surface area contributed by atoms with Crippen LogP contribution in [0, 0.1) is 20.2 Å². The number of nitro groups is 2. The molecule has 0 aliphatic rings. The van der Waals surface area contributed by atoms with Crippen molar-refractivity contribution >= 4 is 34.2 Å². The zero-order valence-corrected chi connectivity index (χ0v) is 23.8. The van der Waals surface area contributed by atoms with Crippen LogP contribution in [0.4, 0.5) is 37.7 Å². The molecule has 0 aliphatic carbocycles. The molecule has 0 unspecified atom stereocenters. The first kappa shape index (κ1) is 34.6. The van der Waals surface area contributed by atoms with E-state index in [4.69, 9.17) is 4.42 Å². The van der Waals surface area contributed by atoms with Gasteiger partial charge in [-0.05, 0) is 35.9 Å². The Morgan fingerprint density at radius 2 is 1.31 bits per heavy atom. The number of carbonyl (C=O) groups is 1. The van der Waals surface area contributed by atoms with E-state index in [1.165, 1.54) is 48.5 Å². The molecule has 1 N–H and O–H groups in total. The molecule has 0 radical (unpaired) electrons. The summed E-state index contributed by atoms with van der Waals surface area (Å²) in [4.78, 5) is 44.3. The number of fused-ring (bicyclic) bond motifs is 1. The highest BCUT2D eigenvalue weighted by Gasteiger charge is 2.34. The average Bonchev–Trinajstić information content (AvgIpc) is 3.03. The van der Waals surface area contributed by atoms with Crippen molar-refractivity contribution < 1.29 is 50.5 Å². The fourth-order valence-corrected chi connectivity index (χ4v) is 4.42. The van der Waals surface area contributed by atoms with Gasteiger partial charge in [-0.1, -0.05) is 54.6 Å². The highest BCUT2D eigenvalue weighted by atomic mass is 19.4. The van der Waals surface area contributed by atoms with Crippen LogP contribution in [-0.2, 0) is 12.4 Å². The highest BCUT2D eigenvalue weighted by Crippen LogP contribution is 2.38. The smallest absolute Gasteiger partial charge is 0.417 e. The van der Waals surface area contributed by atoms with Gasteiger partial charge in [-0.2, -0.15) is 26.3 Å². The topological polar surface area (TPSA) is 154 Å². The fraction of sp³-hybridized carbons (Fsp3) is 0.0625. The van der Waals surface area contributed by atoms with Crippen molar-refractivity contribution in [2.75, 3.05) is 0 Å². The van der Waals surface area contributed by atoms with Crippen LogP contribution < -0.4 is 5.43 Å². The lowest BCUT2D eigenvalue weighted by atomic mass is 10.0. The van der Waals surface area contributed by atoms with E-state index in [0.29, 0.717) is 0 Å². The van der Waals surface area contributed by atoms with Gasteiger partial charge in [-0.25, -0.2) is 0 Å². The quantitative estimate of drug-likeness (QED) is 0.0618. The van der Waals surface area contributed by atoms with E-state index in [1.54, 1.807) is 0 Å². The molecule has 0 fully saturated rings. The van der Waals surface area contributed by atoms with Crippen molar-refractivity contribution in [2.24, 2.45) is 0 Å². The van der Waals surface area contributed by atoms with Crippen LogP contribution in [0.1, 0.15) is 27.0 Å². The van der Waals surface area contributed by atoms with Crippen molar-refractivity contribution in [3.05, 3.63) is 150 Å². The number of benzene rings is 4. The second kappa shape index (κ2) is 13.6. The largest absolute Gasteiger partial charge is 0.502 e. The monoisotopic (exact) mass is 672 g/mol. The summed E-state index contributed by atoms with van der Waals surface area (Å²) in [6.07, 6.45) is -7.48. The molecule has 16 heteroatoms. The Kier molecular flexibility index (Phi) is 9.77. The number of non-ortho nitro benzene ring substituents is 1. The maximum absolute atomic E-state index is 13.1. The molecule has 48 heavy (non-hydrogen) atoms. The molecule has 0 amide bonds. The maximum Gasteiger partial charge on any atom is 0.417 e. The van der Waals surface area contributed by atoms with Gasteiger partial charge in [0.2, 0.25) is 11.3 Å². The Morgan fingerprint density at radius 3 is 1.94 bits per heavy atom. The van der Waals surface area contributed by atoms with Crippen LogP contribution in [0.2, 0.25) is 0 Å². The molecule has 4 aromatic carbocycles. The minimum atomic E-state index is -4.66. The highest BCUT2D eigenvalue weighted by molar-refractivity contribution is 6.09. The fourth-order valence-electron chi connectivity index (χ4n) is 4.42. The van der Waals surface area contributed by atoms with E-state index in [-0.39, 0.29) is 33.4 Å². The van der Waals surface area contributed by atoms with Gasteiger partial charge in [0, 0.05) is 23.8 Å². The van der Waals surface area contributed by atoms with Crippen molar-refractivity contribution in [3.63, 3.8) is 0 Å². The normalized spacial score (nSPS) is 11.6. The second-order valence-electron chi connectivity index (χ2n) is 9.64. The van der Waals surface area contributed by atoms with Crippen molar-refractivity contribution in [1.82, 2.24) is 0 Å². The lowest BCUT2D eigenvalue weighted by molar-refractivity contribution is -0.385. The van der Waals surface area contributed by atoms with Crippen LogP contribution >= 0.6 is 0 Å². The summed E-state index contributed by atoms with van der Waals surface area (Å²) in [6.45, 7) is 0. The number of alkyl halides is 6. The Hall–Kier alpha value is -6.32. The average molecular weight is 672 g/mol. The number of carbonyl (C=O) groups excluding carboxylic acids is 1. The summed E-state index contributed by atoms with van der Waals surface area (Å²) >= 11 is 0. The first-order chi connectivity index (χ1) is 22.5. The van der Waals surface area contributed by atoms with E-state index in [1.807, 2.05) is 0 Å². The summed E-state index contributed by atoms with van der Waals surface area (Å²) in [5, 5.41) is 31.4. The predicted molar refractivity (Wildman–Crippen MR) is 159 cm³/mol. The summed E-state index contributed by atoms with van der Waals surface area (Å²) in [6, 6.07) is 17.2. The molecular weight excluding hydrogens is 654 g/mol. The Balaban J connectivity index is 0.000000217. The third-order valence-corrected chi connectivity index (χ3v) is 6.59. The van der Waals surface area contributed by atoms with Gasteiger partial charge in [0.1, 0.15) is 5.76 Å². The van der Waals surface area contributed by atoms with Gasteiger partial charge in [0.15, 0.2) is 11.2 Å². The zero-order valence-electron chi connectivity index (χ0n) is 23.8. The third-order valence-electron chi connectivity index (χ3n) is 6.59. The van der Waals surface area contributed by atoms with Gasteiger partial charge >= 0.3 is 23.7 Å². The minimum absolute atomic E-state index is 0.0718. The lowest BCUT2D eigenvalue weighted by Crippen LogP contribution is -2.08. The lowest BCUT2D eigenvalue weighted by Gasteiger charge is -2.12. The minimum Gasteiger partial charge on any atom is -0.502 e. The van der Waals surface area contributed by atoms with E-state index >= 15 is 0 Å². The van der Waals surface area contributed by atoms with E-state index in [0.717, 1.165) is 54.6 Å². The molecular formula is C32H18F6N2O8. The first-order valence-corrected chi connectivity index (χ1v) is 13.2. The standard InChI is InChI=1S/C16H8F3NO4.C16H10F3NO4/c17-16(18,19)11-6-2-1-4-9(11)14-8-13(21)10-5-3-7-12(20(22)23)15(10)24-14;17-16(18,19)12-6-2-1-4-10(12)8-9-14(21)11-5-3-7-13(15(11)22)20(23)24/h1-8H;1-9,22H/b;9-8+. The number of hydrogen-bond acceptors (Lipinski definition) is 8. The number of halogens is 6. The summed E-state index contributed by atoms with van der Waals surface area (Å²) in [7, 11) is 0. The molecule has 5 rings (SSSR count). The number of aromatic hydroxyl groups is 1. The molecule has 0 bridgehead atoms. The number of nitrogens with zero attached hydrogens (tertiary/aromatic N) is 2. The van der Waals surface area contributed by atoms with Crippen molar-refractivity contribution in [2.45, 2.75) is 12.4 Å². The van der Waals surface area contributed by atoms with E-state index in [2.05, 4.69) is 0 Å². The molecule has 1 heterocycles. The molecule has 1 aromatic heterocycles. The van der Waals surface area contributed by atoms with Gasteiger partial charge in [0.05, 0.1) is 31.9 Å². The first-order valence-electron chi connectivity index (χ1n) is 13.2. The molecule has 246 valence electrons. The van der Waals surface area contributed by atoms with Crippen LogP contribution in [0.3, 0.4) is 0 Å². The number of para-hydroxylation sites is 2. The molecule has 0 aliphatic heterocycles. The second-order valence-corrected chi connectivity index (χ2v) is 9.64.